The molecule has 2 fully saturated rings. The van der Waals surface area contributed by atoms with E-state index in [4.69, 9.17) is 0 Å². The molecule has 1 N–H and O–H groups in total. The van der Waals surface area contributed by atoms with Crippen molar-refractivity contribution in [3.63, 3.8) is 0 Å². The summed E-state index contributed by atoms with van der Waals surface area (Å²) >= 11 is 0. The van der Waals surface area contributed by atoms with E-state index in [1.165, 1.54) is 5.69 Å². The van der Waals surface area contributed by atoms with Crippen LogP contribution in [0.15, 0.2) is 54.7 Å². The summed E-state index contributed by atoms with van der Waals surface area (Å²) in [4.78, 5) is 34.0. The molecule has 6 nitrogen and oxygen atoms in total. The molecule has 1 aliphatic heterocycles. The van der Waals surface area contributed by atoms with Crippen LogP contribution in [0.5, 0.6) is 0 Å². The third-order valence-electron chi connectivity index (χ3n) is 5.44. The molecule has 2 aliphatic rings. The molecule has 0 spiro atoms. The number of rotatable bonds is 5. The maximum atomic E-state index is 13.0. The molecule has 0 bridgehead atoms. The summed E-state index contributed by atoms with van der Waals surface area (Å²) in [6, 6.07) is 15.8. The summed E-state index contributed by atoms with van der Waals surface area (Å²) in [5.74, 6) is -0.183. The molecule has 140 valence electrons. The Labute approximate surface area is 159 Å². The van der Waals surface area contributed by atoms with Crippen LogP contribution >= 0.6 is 0 Å². The SMILES string of the molecule is O=C(NCc1ccccn1)C1(C(=O)N2CCN(c3ccccc3)CC2)CC1. The van der Waals surface area contributed by atoms with Gasteiger partial charge in [0.1, 0.15) is 5.41 Å². The van der Waals surface area contributed by atoms with Gasteiger partial charge >= 0.3 is 0 Å². The zero-order valence-corrected chi connectivity index (χ0v) is 15.3. The van der Waals surface area contributed by atoms with E-state index < -0.39 is 5.41 Å². The molecule has 6 heteroatoms. The van der Waals surface area contributed by atoms with Crippen LogP contribution in [0.25, 0.3) is 0 Å². The van der Waals surface area contributed by atoms with E-state index in [9.17, 15) is 9.59 Å². The normalized spacial score (nSPS) is 18.1. The standard InChI is InChI=1S/C21H24N4O2/c26-19(23-16-17-6-4-5-11-22-17)21(9-10-21)20(27)25-14-12-24(13-15-25)18-7-2-1-3-8-18/h1-8,11H,9-10,12-16H2,(H,23,26). The van der Waals surface area contributed by atoms with Gasteiger partial charge in [-0.15, -0.1) is 0 Å². The highest BCUT2D eigenvalue weighted by Crippen LogP contribution is 2.47. The van der Waals surface area contributed by atoms with Crippen LogP contribution in [-0.4, -0.2) is 47.9 Å². The van der Waals surface area contributed by atoms with Gasteiger partial charge in [0.15, 0.2) is 0 Å². The zero-order chi connectivity index (χ0) is 18.7. The monoisotopic (exact) mass is 364 g/mol. The van der Waals surface area contributed by atoms with Gasteiger partial charge in [-0.25, -0.2) is 0 Å². The van der Waals surface area contributed by atoms with Gasteiger partial charge in [-0.1, -0.05) is 24.3 Å². The van der Waals surface area contributed by atoms with Crippen LogP contribution in [0, 0.1) is 5.41 Å². The number of benzene rings is 1. The molecular formula is C21H24N4O2. The Balaban J connectivity index is 1.33. The molecule has 1 aromatic carbocycles. The quantitative estimate of drug-likeness (QED) is 0.822. The van der Waals surface area contributed by atoms with Gasteiger partial charge in [0.25, 0.3) is 0 Å². The summed E-state index contributed by atoms with van der Waals surface area (Å²) in [7, 11) is 0. The number of nitrogens with one attached hydrogen (secondary N) is 1. The van der Waals surface area contributed by atoms with Gasteiger partial charge in [-0.05, 0) is 37.1 Å². The van der Waals surface area contributed by atoms with Gasteiger partial charge in [0, 0.05) is 38.1 Å². The van der Waals surface area contributed by atoms with Gasteiger partial charge in [-0.2, -0.15) is 0 Å². The van der Waals surface area contributed by atoms with Crippen molar-refractivity contribution in [2.24, 2.45) is 5.41 Å². The third kappa shape index (κ3) is 3.65. The number of piperazine rings is 1. The van der Waals surface area contributed by atoms with E-state index in [1.807, 2.05) is 41.3 Å². The van der Waals surface area contributed by atoms with E-state index in [1.54, 1.807) is 6.20 Å². The predicted octanol–water partition coefficient (Wildman–Crippen LogP) is 1.83. The Morgan fingerprint density at radius 2 is 1.67 bits per heavy atom. The molecule has 1 saturated heterocycles. The predicted molar refractivity (Wildman–Crippen MR) is 103 cm³/mol. The van der Waals surface area contributed by atoms with Crippen LogP contribution in [0.3, 0.4) is 0 Å². The van der Waals surface area contributed by atoms with Crippen molar-refractivity contribution in [3.05, 3.63) is 60.4 Å². The van der Waals surface area contributed by atoms with Crippen LogP contribution in [0.4, 0.5) is 5.69 Å². The summed E-state index contributed by atoms with van der Waals surface area (Å²) in [6.07, 6.45) is 2.98. The minimum absolute atomic E-state index is 0.0197. The molecule has 1 saturated carbocycles. The number of nitrogens with zero attached hydrogens (tertiary/aromatic N) is 3. The average Bonchev–Trinajstić information content (AvgIpc) is 3.55. The fraction of sp³-hybridized carbons (Fsp3) is 0.381. The average molecular weight is 364 g/mol. The molecule has 0 atom stereocenters. The number of pyridine rings is 1. The van der Waals surface area contributed by atoms with Crippen molar-refractivity contribution >= 4 is 17.5 Å². The maximum Gasteiger partial charge on any atom is 0.238 e. The number of para-hydroxylation sites is 1. The number of carbonyl (C=O) groups excluding carboxylic acids is 2. The van der Waals surface area contributed by atoms with Crippen molar-refractivity contribution in [3.8, 4) is 0 Å². The first-order chi connectivity index (χ1) is 13.2. The second-order valence-corrected chi connectivity index (χ2v) is 7.20. The highest BCUT2D eigenvalue weighted by atomic mass is 16.2. The Morgan fingerprint density at radius 3 is 2.30 bits per heavy atom. The van der Waals surface area contributed by atoms with Crippen LogP contribution in [0.2, 0.25) is 0 Å². The molecule has 0 radical (unpaired) electrons. The minimum atomic E-state index is -0.857. The Kier molecular flexibility index (Phi) is 4.79. The lowest BCUT2D eigenvalue weighted by Gasteiger charge is -2.37. The molecule has 2 aromatic rings. The van der Waals surface area contributed by atoms with Crippen LogP contribution in [-0.2, 0) is 16.1 Å². The topological polar surface area (TPSA) is 65.5 Å². The number of carbonyl (C=O) groups is 2. The molecule has 2 heterocycles. The lowest BCUT2D eigenvalue weighted by Crippen LogP contribution is -2.53. The van der Waals surface area contributed by atoms with E-state index in [0.717, 1.165) is 18.8 Å². The third-order valence-corrected chi connectivity index (χ3v) is 5.44. The first kappa shape index (κ1) is 17.5. The molecule has 1 aromatic heterocycles. The van der Waals surface area contributed by atoms with Crippen molar-refractivity contribution < 1.29 is 9.59 Å². The summed E-state index contributed by atoms with van der Waals surface area (Å²) in [5.41, 5.74) is 1.12. The van der Waals surface area contributed by atoms with Gasteiger partial charge in [0.2, 0.25) is 11.8 Å². The Morgan fingerprint density at radius 1 is 0.963 bits per heavy atom. The summed E-state index contributed by atoms with van der Waals surface area (Å²) < 4.78 is 0. The Bertz CT molecular complexity index is 797. The lowest BCUT2D eigenvalue weighted by atomic mass is 10.0. The van der Waals surface area contributed by atoms with Gasteiger partial charge < -0.3 is 15.1 Å². The fourth-order valence-electron chi connectivity index (χ4n) is 3.61. The van der Waals surface area contributed by atoms with Crippen LogP contribution in [0.1, 0.15) is 18.5 Å². The first-order valence-corrected chi connectivity index (χ1v) is 9.47. The number of hydrogen-bond acceptors (Lipinski definition) is 4. The largest absolute Gasteiger partial charge is 0.368 e. The second-order valence-electron chi connectivity index (χ2n) is 7.20. The first-order valence-electron chi connectivity index (χ1n) is 9.47. The van der Waals surface area contributed by atoms with Gasteiger partial charge in [-0.3, -0.25) is 14.6 Å². The van der Waals surface area contributed by atoms with Crippen molar-refractivity contribution in [2.75, 3.05) is 31.1 Å². The molecule has 1 aliphatic carbocycles. The number of hydrogen-bond donors (Lipinski definition) is 1. The number of aromatic nitrogens is 1. The second kappa shape index (κ2) is 7.39. The Hall–Kier alpha value is -2.89. The zero-order valence-electron chi connectivity index (χ0n) is 15.3. The van der Waals surface area contributed by atoms with Crippen molar-refractivity contribution in [1.29, 1.82) is 0 Å². The smallest absolute Gasteiger partial charge is 0.238 e. The molecule has 27 heavy (non-hydrogen) atoms. The highest BCUT2D eigenvalue weighted by molar-refractivity contribution is 6.07. The van der Waals surface area contributed by atoms with Crippen LogP contribution < -0.4 is 10.2 Å². The highest BCUT2D eigenvalue weighted by Gasteiger charge is 2.58. The molecular weight excluding hydrogens is 340 g/mol. The lowest BCUT2D eigenvalue weighted by molar-refractivity contribution is -0.144. The summed E-state index contributed by atoms with van der Waals surface area (Å²) in [5, 5.41) is 2.90. The van der Waals surface area contributed by atoms with E-state index in [2.05, 4.69) is 27.3 Å². The number of amides is 2. The van der Waals surface area contributed by atoms with Crippen molar-refractivity contribution in [1.82, 2.24) is 15.2 Å². The molecule has 0 unspecified atom stereocenters. The van der Waals surface area contributed by atoms with E-state index in [0.29, 0.717) is 32.5 Å². The molecule has 2 amide bonds. The van der Waals surface area contributed by atoms with E-state index in [-0.39, 0.29) is 11.8 Å². The minimum Gasteiger partial charge on any atom is -0.368 e. The van der Waals surface area contributed by atoms with Crippen molar-refractivity contribution in [2.45, 2.75) is 19.4 Å². The van der Waals surface area contributed by atoms with E-state index >= 15 is 0 Å². The number of anilines is 1. The summed E-state index contributed by atoms with van der Waals surface area (Å²) in [6.45, 7) is 3.26. The fourth-order valence-corrected chi connectivity index (χ4v) is 3.61. The molecule has 4 rings (SSSR count). The van der Waals surface area contributed by atoms with Gasteiger partial charge in [0.05, 0.1) is 12.2 Å². The maximum absolute atomic E-state index is 13.0.